The van der Waals surface area contributed by atoms with Crippen LogP contribution in [0.15, 0.2) is 45.6 Å². The summed E-state index contributed by atoms with van der Waals surface area (Å²) < 4.78 is 22.6. The smallest absolute Gasteiger partial charge is 0.247 e. The van der Waals surface area contributed by atoms with E-state index in [1.54, 1.807) is 13.1 Å². The van der Waals surface area contributed by atoms with Gasteiger partial charge in [-0.1, -0.05) is 23.7 Å². The molecule has 0 unspecified atom stereocenters. The van der Waals surface area contributed by atoms with Crippen molar-refractivity contribution in [2.45, 2.75) is 17.3 Å². The first-order chi connectivity index (χ1) is 10.9. The molecule has 2 aromatic rings. The van der Waals surface area contributed by atoms with Crippen molar-refractivity contribution in [1.29, 1.82) is 0 Å². The van der Waals surface area contributed by atoms with E-state index in [-0.39, 0.29) is 4.21 Å². The highest BCUT2D eigenvalue weighted by molar-refractivity contribution is 7.91. The van der Waals surface area contributed by atoms with Crippen LogP contribution in [-0.4, -0.2) is 21.4 Å². The third-order valence-electron chi connectivity index (χ3n) is 2.92. The number of rotatable bonds is 5. The van der Waals surface area contributed by atoms with Crippen molar-refractivity contribution in [2.75, 3.05) is 7.05 Å². The lowest BCUT2D eigenvalue weighted by atomic mass is 10.2. The highest BCUT2D eigenvalue weighted by Crippen LogP contribution is 2.19. The van der Waals surface area contributed by atoms with Gasteiger partial charge in [-0.2, -0.15) is 0 Å². The van der Waals surface area contributed by atoms with Crippen molar-refractivity contribution in [3.8, 4) is 0 Å². The molecule has 0 saturated carbocycles. The molecule has 124 valence electrons. The van der Waals surface area contributed by atoms with Crippen LogP contribution < -0.4 is 15.8 Å². The van der Waals surface area contributed by atoms with Crippen molar-refractivity contribution in [2.24, 2.45) is 10.1 Å². The molecule has 0 bridgehead atoms. The van der Waals surface area contributed by atoms with E-state index in [2.05, 4.69) is 15.6 Å². The van der Waals surface area contributed by atoms with Crippen LogP contribution in [0, 0.1) is 0 Å². The van der Waals surface area contributed by atoms with Crippen LogP contribution >= 0.6 is 22.9 Å². The fraction of sp³-hybridized carbons (Fsp3) is 0.214. The number of benzene rings is 1. The fourth-order valence-electron chi connectivity index (χ4n) is 1.83. The number of primary sulfonamides is 1. The van der Waals surface area contributed by atoms with Crippen LogP contribution in [0.1, 0.15) is 10.4 Å². The van der Waals surface area contributed by atoms with Gasteiger partial charge in [0.05, 0.1) is 6.54 Å². The maximum absolute atomic E-state index is 11.2. The molecule has 0 amide bonds. The van der Waals surface area contributed by atoms with Crippen molar-refractivity contribution in [1.82, 2.24) is 10.6 Å². The van der Waals surface area contributed by atoms with Gasteiger partial charge in [0.1, 0.15) is 4.21 Å². The monoisotopic (exact) mass is 372 g/mol. The molecule has 1 heterocycles. The number of nitrogens with zero attached hydrogens (tertiary/aromatic N) is 1. The Balaban J connectivity index is 1.89. The van der Waals surface area contributed by atoms with E-state index in [0.29, 0.717) is 24.1 Å². The number of hydrogen-bond donors (Lipinski definition) is 3. The van der Waals surface area contributed by atoms with Gasteiger partial charge in [-0.25, -0.2) is 13.6 Å². The van der Waals surface area contributed by atoms with E-state index in [1.165, 1.54) is 6.07 Å². The molecular formula is C14H17ClN4O2S2. The second-order valence-electron chi connectivity index (χ2n) is 4.67. The van der Waals surface area contributed by atoms with Crippen molar-refractivity contribution < 1.29 is 8.42 Å². The molecule has 0 fully saturated rings. The molecule has 0 spiro atoms. The molecule has 4 N–H and O–H groups in total. The maximum atomic E-state index is 11.2. The molecule has 1 aromatic heterocycles. The van der Waals surface area contributed by atoms with Crippen LogP contribution in [0.5, 0.6) is 0 Å². The molecule has 9 heteroatoms. The minimum absolute atomic E-state index is 0.149. The lowest BCUT2D eigenvalue weighted by Gasteiger charge is -2.11. The lowest BCUT2D eigenvalue weighted by Crippen LogP contribution is -2.36. The van der Waals surface area contributed by atoms with E-state index in [1.807, 2.05) is 24.3 Å². The number of guanidine groups is 1. The molecule has 0 atom stereocenters. The molecule has 6 nitrogen and oxygen atoms in total. The Bertz CT molecular complexity index is 803. The topological polar surface area (TPSA) is 96.6 Å². The highest BCUT2D eigenvalue weighted by atomic mass is 35.5. The summed E-state index contributed by atoms with van der Waals surface area (Å²) in [6.07, 6.45) is 0. The van der Waals surface area contributed by atoms with Crippen molar-refractivity contribution >= 4 is 38.9 Å². The quantitative estimate of drug-likeness (QED) is 0.551. The summed E-state index contributed by atoms with van der Waals surface area (Å²) >= 11 is 7.08. The number of thiophene rings is 1. The summed E-state index contributed by atoms with van der Waals surface area (Å²) in [6.45, 7) is 1.03. The SMILES string of the molecule is CN=C(NCc1cccc(Cl)c1)NCc1ccc(S(N)(=O)=O)s1. The van der Waals surface area contributed by atoms with Crippen molar-refractivity contribution in [3.63, 3.8) is 0 Å². The first-order valence-electron chi connectivity index (χ1n) is 6.69. The molecule has 1 aromatic carbocycles. The van der Waals surface area contributed by atoms with Crippen LogP contribution in [0.4, 0.5) is 0 Å². The molecule has 0 aliphatic heterocycles. The summed E-state index contributed by atoms with van der Waals surface area (Å²) in [5, 5.41) is 12.1. The predicted molar refractivity (Wildman–Crippen MR) is 94.2 cm³/mol. The first-order valence-corrected chi connectivity index (χ1v) is 9.43. The van der Waals surface area contributed by atoms with Gasteiger partial charge in [0.25, 0.3) is 0 Å². The number of nitrogens with one attached hydrogen (secondary N) is 2. The van der Waals surface area contributed by atoms with Crippen LogP contribution in [0.3, 0.4) is 0 Å². The van der Waals surface area contributed by atoms with E-state index in [4.69, 9.17) is 16.7 Å². The van der Waals surface area contributed by atoms with Gasteiger partial charge >= 0.3 is 0 Å². The Morgan fingerprint density at radius 1 is 1.26 bits per heavy atom. The van der Waals surface area contributed by atoms with E-state index in [9.17, 15) is 8.42 Å². The Morgan fingerprint density at radius 3 is 2.61 bits per heavy atom. The van der Waals surface area contributed by atoms with Gasteiger partial charge in [0, 0.05) is 23.5 Å². The first kappa shape index (κ1) is 17.7. The Morgan fingerprint density at radius 2 is 2.00 bits per heavy atom. The fourth-order valence-corrected chi connectivity index (χ4v) is 3.76. The minimum Gasteiger partial charge on any atom is -0.352 e. The zero-order valence-corrected chi connectivity index (χ0v) is 14.8. The summed E-state index contributed by atoms with van der Waals surface area (Å²) in [5.41, 5.74) is 1.04. The summed E-state index contributed by atoms with van der Waals surface area (Å²) in [7, 11) is -1.98. The van der Waals surface area contributed by atoms with Crippen LogP contribution in [-0.2, 0) is 23.1 Å². The summed E-state index contributed by atoms with van der Waals surface area (Å²) in [6, 6.07) is 10.8. The third kappa shape index (κ3) is 5.51. The molecule has 0 radical (unpaired) electrons. The summed E-state index contributed by atoms with van der Waals surface area (Å²) in [5.74, 6) is 0.607. The van der Waals surface area contributed by atoms with Gasteiger partial charge < -0.3 is 10.6 Å². The third-order valence-corrected chi connectivity index (χ3v) is 5.68. The average Bonchev–Trinajstić information content (AvgIpc) is 2.96. The Hall–Kier alpha value is -1.61. The van der Waals surface area contributed by atoms with Gasteiger partial charge in [-0.3, -0.25) is 4.99 Å². The van der Waals surface area contributed by atoms with Gasteiger partial charge in [-0.05, 0) is 29.8 Å². The largest absolute Gasteiger partial charge is 0.352 e. The standard InChI is InChI=1S/C14H17ClN4O2S2/c1-17-14(18-8-10-3-2-4-11(15)7-10)19-9-12-5-6-13(22-12)23(16,20)21/h2-7H,8-9H2,1H3,(H2,16,20,21)(H2,17,18,19). The number of hydrogen-bond acceptors (Lipinski definition) is 4. The van der Waals surface area contributed by atoms with E-state index < -0.39 is 10.0 Å². The van der Waals surface area contributed by atoms with Crippen molar-refractivity contribution in [3.05, 3.63) is 51.9 Å². The van der Waals surface area contributed by atoms with Gasteiger partial charge in [-0.15, -0.1) is 11.3 Å². The normalized spacial score (nSPS) is 12.2. The van der Waals surface area contributed by atoms with E-state index >= 15 is 0 Å². The second-order valence-corrected chi connectivity index (χ2v) is 8.07. The van der Waals surface area contributed by atoms with Crippen LogP contribution in [0.25, 0.3) is 0 Å². The Labute approximate surface area is 144 Å². The molecular weight excluding hydrogens is 356 g/mol. The molecule has 23 heavy (non-hydrogen) atoms. The number of nitrogens with two attached hydrogens (primary N) is 1. The molecule has 0 aliphatic rings. The summed E-state index contributed by atoms with van der Waals surface area (Å²) in [4.78, 5) is 4.97. The molecule has 0 saturated heterocycles. The van der Waals surface area contributed by atoms with Crippen LogP contribution in [0.2, 0.25) is 5.02 Å². The van der Waals surface area contributed by atoms with E-state index in [0.717, 1.165) is 21.8 Å². The lowest BCUT2D eigenvalue weighted by molar-refractivity contribution is 0.600. The average molecular weight is 373 g/mol. The highest BCUT2D eigenvalue weighted by Gasteiger charge is 2.11. The molecule has 0 aliphatic carbocycles. The maximum Gasteiger partial charge on any atom is 0.247 e. The number of sulfonamides is 1. The Kier molecular flexibility index (Phi) is 6.00. The zero-order chi connectivity index (χ0) is 16.9. The number of halogens is 1. The predicted octanol–water partition coefficient (Wildman–Crippen LogP) is 1.91. The minimum atomic E-state index is -3.64. The number of aliphatic imine (C=N–C) groups is 1. The van der Waals surface area contributed by atoms with Gasteiger partial charge in [0.15, 0.2) is 5.96 Å². The zero-order valence-electron chi connectivity index (χ0n) is 12.4. The second kappa shape index (κ2) is 7.78. The molecule has 2 rings (SSSR count). The van der Waals surface area contributed by atoms with Gasteiger partial charge in [0.2, 0.25) is 10.0 Å².